The van der Waals surface area contributed by atoms with Crippen molar-refractivity contribution < 1.29 is 14.6 Å². The summed E-state index contributed by atoms with van der Waals surface area (Å²) in [6.07, 6.45) is 0. The molecule has 0 aliphatic rings. The number of aromatic carboxylic acids is 1. The number of hydrogen-bond donors (Lipinski definition) is 1. The van der Waals surface area contributed by atoms with E-state index in [1.165, 1.54) is 17.0 Å². The molecule has 0 aliphatic heterocycles. The van der Waals surface area contributed by atoms with Crippen molar-refractivity contribution in [2.75, 3.05) is 0 Å². The van der Waals surface area contributed by atoms with Crippen molar-refractivity contribution in [3.63, 3.8) is 0 Å². The molecule has 1 aromatic heterocycles. The van der Waals surface area contributed by atoms with Crippen LogP contribution in [0.15, 0.2) is 24.3 Å². The summed E-state index contributed by atoms with van der Waals surface area (Å²) in [5.74, 6) is -0.293. The van der Waals surface area contributed by atoms with Crippen LogP contribution in [0.4, 0.5) is 0 Å². The Kier molecular flexibility index (Phi) is 3.62. The Morgan fingerprint density at radius 1 is 1.33 bits per heavy atom. The first-order valence-corrected chi connectivity index (χ1v) is 6.27. The van der Waals surface area contributed by atoms with Gasteiger partial charge < -0.3 is 9.84 Å². The number of carboxylic acid groups (broad SMARTS) is 1. The average Bonchev–Trinajstić information content (AvgIpc) is 2.67. The van der Waals surface area contributed by atoms with E-state index >= 15 is 0 Å². The summed E-state index contributed by atoms with van der Waals surface area (Å²) in [4.78, 5) is 16.2. The van der Waals surface area contributed by atoms with Crippen LogP contribution in [-0.4, -0.2) is 16.1 Å². The van der Waals surface area contributed by atoms with E-state index in [-0.39, 0.29) is 5.56 Å². The number of rotatable bonds is 4. The normalized spacial score (nSPS) is 10.3. The van der Waals surface area contributed by atoms with Gasteiger partial charge in [-0.2, -0.15) is 0 Å². The van der Waals surface area contributed by atoms with E-state index < -0.39 is 5.97 Å². The molecule has 0 bridgehead atoms. The van der Waals surface area contributed by atoms with Gasteiger partial charge in [-0.15, -0.1) is 11.3 Å². The molecule has 1 heterocycles. The number of carbonyl (C=O) groups is 1. The molecular weight excluding hydrogens is 250 g/mol. The van der Waals surface area contributed by atoms with Crippen molar-refractivity contribution in [1.29, 1.82) is 0 Å². The van der Waals surface area contributed by atoms with E-state index in [0.29, 0.717) is 12.4 Å². The predicted molar refractivity (Wildman–Crippen MR) is 69.3 cm³/mol. The Morgan fingerprint density at radius 3 is 2.50 bits per heavy atom. The van der Waals surface area contributed by atoms with Crippen LogP contribution in [0.2, 0.25) is 0 Å². The highest BCUT2D eigenvalue weighted by molar-refractivity contribution is 7.11. The molecule has 0 atom stereocenters. The van der Waals surface area contributed by atoms with Gasteiger partial charge in [0.2, 0.25) is 0 Å². The maximum atomic E-state index is 10.7. The van der Waals surface area contributed by atoms with Crippen molar-refractivity contribution >= 4 is 17.3 Å². The van der Waals surface area contributed by atoms with Crippen molar-refractivity contribution in [3.05, 3.63) is 45.4 Å². The summed E-state index contributed by atoms with van der Waals surface area (Å²) >= 11 is 1.61. The summed E-state index contributed by atoms with van der Waals surface area (Å²) in [6, 6.07) is 6.35. The molecule has 0 saturated carbocycles. The minimum absolute atomic E-state index is 0.253. The molecule has 0 aliphatic carbocycles. The van der Waals surface area contributed by atoms with Crippen LogP contribution in [0.25, 0.3) is 0 Å². The van der Waals surface area contributed by atoms with Crippen LogP contribution in [0.1, 0.15) is 25.9 Å². The van der Waals surface area contributed by atoms with Crippen molar-refractivity contribution in [1.82, 2.24) is 4.98 Å². The fourth-order valence-corrected chi connectivity index (χ4v) is 2.29. The second-order valence-corrected chi connectivity index (χ2v) is 5.16. The first-order valence-electron chi connectivity index (χ1n) is 5.45. The van der Waals surface area contributed by atoms with Gasteiger partial charge in [-0.1, -0.05) is 0 Å². The fraction of sp³-hybridized carbons (Fsp3) is 0.231. The van der Waals surface area contributed by atoms with Crippen molar-refractivity contribution in [3.8, 4) is 5.75 Å². The van der Waals surface area contributed by atoms with Crippen LogP contribution in [0.5, 0.6) is 5.75 Å². The van der Waals surface area contributed by atoms with Crippen LogP contribution in [-0.2, 0) is 6.61 Å². The van der Waals surface area contributed by atoms with Crippen LogP contribution in [0.3, 0.4) is 0 Å². The predicted octanol–water partition coefficient (Wildman–Crippen LogP) is 3.04. The highest BCUT2D eigenvalue weighted by atomic mass is 32.1. The number of thiazole rings is 1. The first-order chi connectivity index (χ1) is 8.56. The SMILES string of the molecule is Cc1nc(COc2ccc(C(=O)O)cc2)sc1C. The molecule has 4 nitrogen and oxygen atoms in total. The molecule has 5 heteroatoms. The molecule has 0 spiro atoms. The second kappa shape index (κ2) is 5.18. The summed E-state index contributed by atoms with van der Waals surface area (Å²) in [5.41, 5.74) is 1.28. The van der Waals surface area contributed by atoms with Gasteiger partial charge in [-0.05, 0) is 38.1 Å². The van der Waals surface area contributed by atoms with Crippen molar-refractivity contribution in [2.45, 2.75) is 20.5 Å². The number of aromatic nitrogens is 1. The lowest BCUT2D eigenvalue weighted by Crippen LogP contribution is -1.97. The third-order valence-electron chi connectivity index (χ3n) is 2.54. The van der Waals surface area contributed by atoms with Gasteiger partial charge in [0.15, 0.2) is 0 Å². The zero-order chi connectivity index (χ0) is 13.1. The van der Waals surface area contributed by atoms with Crippen LogP contribution >= 0.6 is 11.3 Å². The summed E-state index contributed by atoms with van der Waals surface area (Å²) in [5, 5.41) is 9.69. The van der Waals surface area contributed by atoms with Gasteiger partial charge >= 0.3 is 5.97 Å². The van der Waals surface area contributed by atoms with E-state index in [1.54, 1.807) is 23.5 Å². The molecule has 2 rings (SSSR count). The highest BCUT2D eigenvalue weighted by Crippen LogP contribution is 2.19. The zero-order valence-corrected chi connectivity index (χ0v) is 11.0. The Morgan fingerprint density at radius 2 is 2.00 bits per heavy atom. The largest absolute Gasteiger partial charge is 0.486 e. The van der Waals surface area contributed by atoms with Crippen molar-refractivity contribution in [2.24, 2.45) is 0 Å². The summed E-state index contributed by atoms with van der Waals surface area (Å²) in [7, 11) is 0. The maximum absolute atomic E-state index is 10.7. The van der Waals surface area contributed by atoms with Gasteiger partial charge in [-0.25, -0.2) is 9.78 Å². The Bertz CT molecular complexity index is 541. The Labute approximate surface area is 109 Å². The molecule has 1 aromatic carbocycles. The van der Waals surface area contributed by atoms with Crippen LogP contribution in [0, 0.1) is 13.8 Å². The molecule has 0 unspecified atom stereocenters. The summed E-state index contributed by atoms with van der Waals surface area (Å²) in [6.45, 7) is 4.40. The van der Waals surface area contributed by atoms with Gasteiger partial charge in [0.25, 0.3) is 0 Å². The van der Waals surface area contributed by atoms with Crippen LogP contribution < -0.4 is 4.74 Å². The molecule has 0 fully saturated rings. The smallest absolute Gasteiger partial charge is 0.335 e. The monoisotopic (exact) mass is 263 g/mol. The molecule has 94 valence electrons. The minimum Gasteiger partial charge on any atom is -0.486 e. The molecule has 18 heavy (non-hydrogen) atoms. The lowest BCUT2D eigenvalue weighted by molar-refractivity contribution is 0.0697. The number of hydrogen-bond acceptors (Lipinski definition) is 4. The first kappa shape index (κ1) is 12.6. The number of ether oxygens (including phenoxy) is 1. The third-order valence-corrected chi connectivity index (χ3v) is 3.58. The molecule has 1 N–H and O–H groups in total. The van der Waals surface area contributed by atoms with E-state index in [9.17, 15) is 4.79 Å². The van der Waals surface area contributed by atoms with Gasteiger partial charge in [-0.3, -0.25) is 0 Å². The Hall–Kier alpha value is -1.88. The third kappa shape index (κ3) is 2.87. The molecule has 0 amide bonds. The van der Waals surface area contributed by atoms with E-state index in [1.807, 2.05) is 13.8 Å². The Balaban J connectivity index is 2.00. The second-order valence-electron chi connectivity index (χ2n) is 3.87. The molecule has 2 aromatic rings. The number of benzene rings is 1. The zero-order valence-electron chi connectivity index (χ0n) is 10.1. The minimum atomic E-state index is -0.937. The lowest BCUT2D eigenvalue weighted by Gasteiger charge is -2.03. The van der Waals surface area contributed by atoms with E-state index in [0.717, 1.165) is 10.7 Å². The number of aryl methyl sites for hydroxylation is 2. The quantitative estimate of drug-likeness (QED) is 0.921. The topological polar surface area (TPSA) is 59.4 Å². The summed E-state index contributed by atoms with van der Waals surface area (Å²) < 4.78 is 5.55. The highest BCUT2D eigenvalue weighted by Gasteiger charge is 2.05. The van der Waals surface area contributed by atoms with E-state index in [4.69, 9.17) is 9.84 Å². The van der Waals surface area contributed by atoms with E-state index in [2.05, 4.69) is 4.98 Å². The molecular formula is C13H13NO3S. The standard InChI is InChI=1S/C13H13NO3S/c1-8-9(2)18-12(14-8)7-17-11-5-3-10(4-6-11)13(15)16/h3-6H,7H2,1-2H3,(H,15,16). The van der Waals surface area contributed by atoms with Gasteiger partial charge in [0, 0.05) is 4.88 Å². The maximum Gasteiger partial charge on any atom is 0.335 e. The van der Waals surface area contributed by atoms with Gasteiger partial charge in [0.05, 0.1) is 11.3 Å². The fourth-order valence-electron chi connectivity index (χ4n) is 1.44. The lowest BCUT2D eigenvalue weighted by atomic mass is 10.2. The number of nitrogens with zero attached hydrogens (tertiary/aromatic N) is 1. The van der Waals surface area contributed by atoms with Gasteiger partial charge in [0.1, 0.15) is 17.4 Å². The molecule has 0 saturated heterocycles. The number of carboxylic acids is 1. The average molecular weight is 263 g/mol. The molecule has 0 radical (unpaired) electrons.